The molecule has 0 heterocycles. The Bertz CT molecular complexity index is 279. The lowest BCUT2D eigenvalue weighted by atomic mass is 10.1. The summed E-state index contributed by atoms with van der Waals surface area (Å²) in [6, 6.07) is 7.14. The van der Waals surface area contributed by atoms with Crippen LogP contribution in [0.4, 0.5) is 0 Å². The summed E-state index contributed by atoms with van der Waals surface area (Å²) in [6.07, 6.45) is 0. The molecule has 15 heavy (non-hydrogen) atoms. The molecule has 0 aromatic heterocycles. The van der Waals surface area contributed by atoms with E-state index in [9.17, 15) is 0 Å². The molecular weight excluding hydrogens is 190 g/mol. The third-order valence-electron chi connectivity index (χ3n) is 1.95. The van der Waals surface area contributed by atoms with E-state index < -0.39 is 0 Å². The normalized spacial score (nSPS) is 10.3. The van der Waals surface area contributed by atoms with Gasteiger partial charge in [0, 0.05) is 13.1 Å². The van der Waals surface area contributed by atoms with Crippen molar-refractivity contribution >= 4 is 0 Å². The average Bonchev–Trinajstić information content (AvgIpc) is 2.16. The lowest BCUT2D eigenvalue weighted by molar-refractivity contribution is 0.276. The summed E-state index contributed by atoms with van der Waals surface area (Å²) >= 11 is 0. The van der Waals surface area contributed by atoms with Crippen LogP contribution in [0.2, 0.25) is 0 Å². The molecule has 83 valence electrons. The van der Waals surface area contributed by atoms with Crippen molar-refractivity contribution in [3.63, 3.8) is 0 Å². The molecule has 3 heteroatoms. The Kier molecular flexibility index (Phi) is 5.15. The fraction of sp³-hybridized carbons (Fsp3) is 0.500. The van der Waals surface area contributed by atoms with Gasteiger partial charge in [0.05, 0.1) is 6.61 Å². The molecule has 0 spiro atoms. The van der Waals surface area contributed by atoms with Crippen molar-refractivity contribution in [3.8, 4) is 5.75 Å². The number of benzene rings is 1. The van der Waals surface area contributed by atoms with Crippen LogP contribution in [0.5, 0.6) is 5.75 Å². The van der Waals surface area contributed by atoms with E-state index in [1.54, 1.807) is 0 Å². The molecule has 1 rings (SSSR count). The van der Waals surface area contributed by atoms with Crippen molar-refractivity contribution in [1.82, 2.24) is 5.32 Å². The zero-order valence-corrected chi connectivity index (χ0v) is 9.34. The Morgan fingerprint density at radius 1 is 1.27 bits per heavy atom. The molecule has 2 N–H and O–H groups in total. The highest BCUT2D eigenvalue weighted by Crippen LogP contribution is 2.15. The summed E-state index contributed by atoms with van der Waals surface area (Å²) in [5.74, 6) is 0.884. The predicted molar refractivity (Wildman–Crippen MR) is 60.2 cm³/mol. The molecule has 0 saturated heterocycles. The number of hydrogen-bond acceptors (Lipinski definition) is 3. The van der Waals surface area contributed by atoms with Gasteiger partial charge in [-0.15, -0.1) is 0 Å². The zero-order valence-electron chi connectivity index (χ0n) is 9.34. The van der Waals surface area contributed by atoms with Crippen LogP contribution >= 0.6 is 0 Å². The molecular formula is C12H18NO2. The first-order valence-corrected chi connectivity index (χ1v) is 5.17. The number of nitrogens with one attached hydrogen (secondary N) is 1. The SMILES string of the molecule is Cc1[c]c(C)cc(OCCNCCO)c1. The van der Waals surface area contributed by atoms with E-state index in [4.69, 9.17) is 9.84 Å². The van der Waals surface area contributed by atoms with Gasteiger partial charge in [0.15, 0.2) is 0 Å². The van der Waals surface area contributed by atoms with Crippen LogP contribution in [-0.2, 0) is 0 Å². The monoisotopic (exact) mass is 208 g/mol. The van der Waals surface area contributed by atoms with Crippen LogP contribution in [0.25, 0.3) is 0 Å². The van der Waals surface area contributed by atoms with Gasteiger partial charge in [-0.05, 0) is 43.2 Å². The van der Waals surface area contributed by atoms with Gasteiger partial charge < -0.3 is 15.2 Å². The Balaban J connectivity index is 2.31. The van der Waals surface area contributed by atoms with E-state index in [1.807, 2.05) is 26.0 Å². The standard InChI is InChI=1S/C12H18NO2/c1-10-7-11(2)9-12(8-10)15-6-4-13-3-5-14/h8-9,13-14H,3-6H2,1-2H3. The lowest BCUT2D eigenvalue weighted by Crippen LogP contribution is -2.23. The molecule has 0 unspecified atom stereocenters. The number of aryl methyl sites for hydroxylation is 2. The maximum absolute atomic E-state index is 8.55. The van der Waals surface area contributed by atoms with Crippen LogP contribution in [0.1, 0.15) is 11.1 Å². The predicted octanol–water partition coefficient (Wildman–Crippen LogP) is 1.06. The van der Waals surface area contributed by atoms with E-state index in [0.717, 1.165) is 23.4 Å². The quantitative estimate of drug-likeness (QED) is 0.687. The molecule has 0 saturated carbocycles. The third kappa shape index (κ3) is 4.81. The number of aliphatic hydroxyl groups excluding tert-OH is 1. The van der Waals surface area contributed by atoms with E-state index in [2.05, 4.69) is 11.4 Å². The van der Waals surface area contributed by atoms with Crippen molar-refractivity contribution in [1.29, 1.82) is 0 Å². The summed E-state index contributed by atoms with van der Waals surface area (Å²) in [6.45, 7) is 6.15. The van der Waals surface area contributed by atoms with Gasteiger partial charge in [0.2, 0.25) is 0 Å². The molecule has 1 radical (unpaired) electrons. The van der Waals surface area contributed by atoms with Crippen LogP contribution < -0.4 is 10.1 Å². The smallest absolute Gasteiger partial charge is 0.119 e. The van der Waals surface area contributed by atoms with Crippen LogP contribution in [0.3, 0.4) is 0 Å². The largest absolute Gasteiger partial charge is 0.492 e. The first-order valence-electron chi connectivity index (χ1n) is 5.17. The highest BCUT2D eigenvalue weighted by molar-refractivity contribution is 5.31. The van der Waals surface area contributed by atoms with Gasteiger partial charge in [-0.25, -0.2) is 0 Å². The van der Waals surface area contributed by atoms with Gasteiger partial charge in [-0.1, -0.05) is 0 Å². The van der Waals surface area contributed by atoms with Gasteiger partial charge >= 0.3 is 0 Å². The molecule has 0 atom stereocenters. The molecule has 0 bridgehead atoms. The molecule has 0 aliphatic carbocycles. The van der Waals surface area contributed by atoms with Crippen molar-refractivity contribution in [3.05, 3.63) is 29.3 Å². The zero-order chi connectivity index (χ0) is 11.1. The molecule has 0 aliphatic heterocycles. The van der Waals surface area contributed by atoms with Crippen molar-refractivity contribution in [2.24, 2.45) is 0 Å². The summed E-state index contributed by atoms with van der Waals surface area (Å²) in [7, 11) is 0. The first kappa shape index (κ1) is 12.0. The highest BCUT2D eigenvalue weighted by atomic mass is 16.5. The second kappa shape index (κ2) is 6.43. The van der Waals surface area contributed by atoms with Crippen LogP contribution in [0.15, 0.2) is 12.1 Å². The van der Waals surface area contributed by atoms with Crippen LogP contribution in [-0.4, -0.2) is 31.4 Å². The maximum Gasteiger partial charge on any atom is 0.119 e. The average molecular weight is 208 g/mol. The Labute approximate surface area is 91.1 Å². The molecule has 3 nitrogen and oxygen atoms in total. The second-order valence-corrected chi connectivity index (χ2v) is 3.50. The molecule has 0 aliphatic rings. The summed E-state index contributed by atoms with van der Waals surface area (Å²) in [5, 5.41) is 11.6. The summed E-state index contributed by atoms with van der Waals surface area (Å²) < 4.78 is 5.55. The maximum atomic E-state index is 8.55. The molecule has 0 fully saturated rings. The van der Waals surface area contributed by atoms with Crippen molar-refractivity contribution in [2.75, 3.05) is 26.3 Å². The van der Waals surface area contributed by atoms with E-state index in [1.165, 1.54) is 0 Å². The van der Waals surface area contributed by atoms with E-state index >= 15 is 0 Å². The van der Waals surface area contributed by atoms with Crippen molar-refractivity contribution in [2.45, 2.75) is 13.8 Å². The molecule has 1 aromatic carbocycles. The summed E-state index contributed by atoms with van der Waals surface area (Å²) in [5.41, 5.74) is 2.18. The minimum absolute atomic E-state index is 0.165. The van der Waals surface area contributed by atoms with Crippen molar-refractivity contribution < 1.29 is 9.84 Å². The minimum Gasteiger partial charge on any atom is -0.492 e. The van der Waals surface area contributed by atoms with Gasteiger partial charge in [0.1, 0.15) is 12.4 Å². The number of hydrogen-bond donors (Lipinski definition) is 2. The van der Waals surface area contributed by atoms with Gasteiger partial charge in [-0.3, -0.25) is 0 Å². The van der Waals surface area contributed by atoms with E-state index in [-0.39, 0.29) is 6.61 Å². The number of rotatable bonds is 6. The summed E-state index contributed by atoms with van der Waals surface area (Å²) in [4.78, 5) is 0. The fourth-order valence-corrected chi connectivity index (χ4v) is 1.38. The lowest BCUT2D eigenvalue weighted by Gasteiger charge is -2.08. The van der Waals surface area contributed by atoms with Gasteiger partial charge in [-0.2, -0.15) is 0 Å². The number of aliphatic hydroxyl groups is 1. The highest BCUT2D eigenvalue weighted by Gasteiger charge is 1.96. The van der Waals surface area contributed by atoms with Crippen LogP contribution in [0, 0.1) is 19.9 Å². The third-order valence-corrected chi connectivity index (χ3v) is 1.95. The topological polar surface area (TPSA) is 41.5 Å². The Morgan fingerprint density at radius 3 is 2.53 bits per heavy atom. The Hall–Kier alpha value is -1.06. The molecule has 0 amide bonds. The second-order valence-electron chi connectivity index (χ2n) is 3.50. The Morgan fingerprint density at radius 2 is 1.93 bits per heavy atom. The van der Waals surface area contributed by atoms with Gasteiger partial charge in [0.25, 0.3) is 0 Å². The molecule has 1 aromatic rings. The number of ether oxygens (including phenoxy) is 1. The van der Waals surface area contributed by atoms with E-state index in [0.29, 0.717) is 13.2 Å². The minimum atomic E-state index is 0.165. The first-order chi connectivity index (χ1) is 7.22. The fourth-order valence-electron chi connectivity index (χ4n) is 1.38.